The van der Waals surface area contributed by atoms with Crippen molar-refractivity contribution in [1.82, 2.24) is 0 Å². The van der Waals surface area contributed by atoms with Gasteiger partial charge in [0.15, 0.2) is 24.1 Å². The predicted molar refractivity (Wildman–Crippen MR) is 227 cm³/mol. The van der Waals surface area contributed by atoms with E-state index in [4.69, 9.17) is 52.1 Å². The largest absolute Gasteiger partial charge is 0.463 e. The fourth-order valence-corrected chi connectivity index (χ4v) is 7.65. The van der Waals surface area contributed by atoms with E-state index < -0.39 is 91.4 Å². The molecule has 342 valence electrons. The first-order valence-corrected chi connectivity index (χ1v) is 21.1. The molecule has 0 aliphatic carbocycles. The van der Waals surface area contributed by atoms with Crippen molar-refractivity contribution >= 4 is 23.9 Å². The SMILES string of the molecule is CC(=O)OCC1O[C@H](O[C@@]2(C)OC(COCc3ccccc3)[C@H](OCc3ccccc3)C(OCc3ccccc3)C2OCc2ccccc2)C(OC(C)=O)C(OC(C)=O)[C@@H]1OC(C)=O. The molecule has 0 bridgehead atoms. The Labute approximate surface area is 373 Å². The van der Waals surface area contributed by atoms with Gasteiger partial charge in [0.2, 0.25) is 6.29 Å². The van der Waals surface area contributed by atoms with Gasteiger partial charge < -0.3 is 52.1 Å². The molecule has 10 atom stereocenters. The van der Waals surface area contributed by atoms with Crippen LogP contribution in [-0.4, -0.2) is 98.0 Å². The monoisotopic (exact) mass is 884 g/mol. The third kappa shape index (κ3) is 13.7. The highest BCUT2D eigenvalue weighted by Crippen LogP contribution is 2.41. The average molecular weight is 885 g/mol. The third-order valence-corrected chi connectivity index (χ3v) is 10.4. The molecule has 15 heteroatoms. The van der Waals surface area contributed by atoms with Gasteiger partial charge in [-0.3, -0.25) is 19.2 Å². The summed E-state index contributed by atoms with van der Waals surface area (Å²) in [5.41, 5.74) is 3.53. The minimum Gasteiger partial charge on any atom is -0.463 e. The Morgan fingerprint density at radius 1 is 0.484 bits per heavy atom. The molecule has 2 fully saturated rings. The molecule has 0 N–H and O–H groups in total. The van der Waals surface area contributed by atoms with E-state index in [1.165, 1.54) is 6.92 Å². The number of benzene rings is 4. The Bertz CT molecular complexity index is 2070. The molecule has 2 heterocycles. The second kappa shape index (κ2) is 23.4. The fourth-order valence-electron chi connectivity index (χ4n) is 7.65. The van der Waals surface area contributed by atoms with Gasteiger partial charge in [0.25, 0.3) is 0 Å². The topological polar surface area (TPSA) is 170 Å². The molecule has 15 nitrogen and oxygen atoms in total. The van der Waals surface area contributed by atoms with Crippen LogP contribution >= 0.6 is 0 Å². The summed E-state index contributed by atoms with van der Waals surface area (Å²) in [5, 5.41) is 0. The Morgan fingerprint density at radius 3 is 1.41 bits per heavy atom. The van der Waals surface area contributed by atoms with Gasteiger partial charge in [-0.1, -0.05) is 121 Å². The van der Waals surface area contributed by atoms with Crippen LogP contribution < -0.4 is 0 Å². The Kier molecular flexibility index (Phi) is 17.5. The van der Waals surface area contributed by atoms with E-state index in [0.29, 0.717) is 0 Å². The second-order valence-corrected chi connectivity index (χ2v) is 15.6. The van der Waals surface area contributed by atoms with E-state index in [1.54, 1.807) is 6.92 Å². The van der Waals surface area contributed by atoms with Crippen molar-refractivity contribution in [3.8, 4) is 0 Å². The van der Waals surface area contributed by atoms with E-state index in [9.17, 15) is 19.2 Å². The zero-order valence-electron chi connectivity index (χ0n) is 36.6. The van der Waals surface area contributed by atoms with Crippen molar-refractivity contribution in [3.63, 3.8) is 0 Å². The lowest BCUT2D eigenvalue weighted by atomic mass is 9.91. The van der Waals surface area contributed by atoms with Crippen LogP contribution in [0.5, 0.6) is 0 Å². The van der Waals surface area contributed by atoms with Crippen LogP contribution in [0.4, 0.5) is 0 Å². The molecule has 64 heavy (non-hydrogen) atoms. The maximum absolute atomic E-state index is 12.8. The number of rotatable bonds is 20. The lowest BCUT2D eigenvalue weighted by Crippen LogP contribution is -2.70. The maximum Gasteiger partial charge on any atom is 0.303 e. The molecule has 6 rings (SSSR count). The standard InChI is InChI=1S/C49H56O15/c1-32(50)55-31-40-43(59-33(2)51)44(60-34(3)52)46(61-35(4)53)48(62-40)64-49(5)47(58-29-39-24-16-9-17-25-39)45(57-28-38-22-14-8-15-23-38)42(56-27-37-20-12-7-13-21-37)41(63-49)30-54-26-36-18-10-6-11-19-36/h6-25,40-48H,26-31H2,1-5H3/t40?,41?,42-,43+,44?,45?,46?,47?,48+,49+/m0/s1. The summed E-state index contributed by atoms with van der Waals surface area (Å²) in [6.07, 6.45) is -11.2. The van der Waals surface area contributed by atoms with Crippen LogP contribution in [0.3, 0.4) is 0 Å². The van der Waals surface area contributed by atoms with E-state index in [-0.39, 0.29) is 33.0 Å². The number of esters is 4. The van der Waals surface area contributed by atoms with E-state index in [1.807, 2.05) is 121 Å². The molecular formula is C49H56O15. The van der Waals surface area contributed by atoms with Crippen LogP contribution in [0.15, 0.2) is 121 Å². The van der Waals surface area contributed by atoms with E-state index in [0.717, 1.165) is 43.0 Å². The van der Waals surface area contributed by atoms with E-state index >= 15 is 0 Å². The third-order valence-electron chi connectivity index (χ3n) is 10.4. The van der Waals surface area contributed by atoms with Gasteiger partial charge in [0.1, 0.15) is 37.1 Å². The number of hydrogen-bond acceptors (Lipinski definition) is 15. The molecule has 4 aromatic rings. The van der Waals surface area contributed by atoms with Gasteiger partial charge in [0, 0.05) is 27.7 Å². The van der Waals surface area contributed by atoms with Gasteiger partial charge >= 0.3 is 23.9 Å². The number of ether oxygens (including phenoxy) is 11. The van der Waals surface area contributed by atoms with Crippen molar-refractivity contribution in [2.45, 2.75) is 122 Å². The normalized spacial score (nSPS) is 26.6. The molecule has 2 aliphatic heterocycles. The lowest BCUT2D eigenvalue weighted by molar-refractivity contribution is -0.426. The van der Waals surface area contributed by atoms with Gasteiger partial charge in [-0.15, -0.1) is 0 Å². The van der Waals surface area contributed by atoms with Crippen molar-refractivity contribution in [2.75, 3.05) is 13.2 Å². The lowest BCUT2D eigenvalue weighted by Gasteiger charge is -2.53. The molecule has 0 aromatic heterocycles. The highest BCUT2D eigenvalue weighted by Gasteiger charge is 2.60. The van der Waals surface area contributed by atoms with Crippen LogP contribution in [0.2, 0.25) is 0 Å². The molecule has 4 aromatic carbocycles. The molecule has 2 aliphatic rings. The van der Waals surface area contributed by atoms with Crippen molar-refractivity contribution in [1.29, 1.82) is 0 Å². The first-order chi connectivity index (χ1) is 30.9. The first kappa shape index (κ1) is 47.9. The maximum atomic E-state index is 12.8. The second-order valence-electron chi connectivity index (χ2n) is 15.6. The molecule has 0 amide bonds. The van der Waals surface area contributed by atoms with Crippen molar-refractivity contribution < 1.29 is 71.3 Å². The van der Waals surface area contributed by atoms with Gasteiger partial charge in [0.05, 0.1) is 33.0 Å². The van der Waals surface area contributed by atoms with Crippen LogP contribution in [0.25, 0.3) is 0 Å². The molecule has 0 radical (unpaired) electrons. The predicted octanol–water partition coefficient (Wildman–Crippen LogP) is 6.17. The van der Waals surface area contributed by atoms with Gasteiger partial charge in [-0.2, -0.15) is 0 Å². The smallest absolute Gasteiger partial charge is 0.303 e. The average Bonchev–Trinajstić information content (AvgIpc) is 3.27. The summed E-state index contributed by atoms with van der Waals surface area (Å²) in [6, 6.07) is 38.4. The summed E-state index contributed by atoms with van der Waals surface area (Å²) in [7, 11) is 0. The zero-order valence-corrected chi connectivity index (χ0v) is 36.6. The zero-order chi connectivity index (χ0) is 45.5. The minimum absolute atomic E-state index is 0.0114. The first-order valence-electron chi connectivity index (χ1n) is 21.1. The molecule has 2 saturated heterocycles. The summed E-state index contributed by atoms with van der Waals surface area (Å²) < 4.78 is 69.7. The molecular weight excluding hydrogens is 829 g/mol. The highest BCUT2D eigenvalue weighted by atomic mass is 16.8. The molecule has 0 saturated carbocycles. The summed E-state index contributed by atoms with van der Waals surface area (Å²) >= 11 is 0. The van der Waals surface area contributed by atoms with Crippen LogP contribution in [0, 0.1) is 0 Å². The quantitative estimate of drug-likeness (QED) is 0.0729. The molecule has 0 spiro atoms. The fraction of sp³-hybridized carbons (Fsp3) is 0.429. The highest BCUT2D eigenvalue weighted by molar-refractivity contribution is 5.68. The number of hydrogen-bond donors (Lipinski definition) is 0. The van der Waals surface area contributed by atoms with Crippen LogP contribution in [-0.2, 0) is 97.7 Å². The van der Waals surface area contributed by atoms with Crippen molar-refractivity contribution in [2.24, 2.45) is 0 Å². The van der Waals surface area contributed by atoms with Gasteiger partial charge in [-0.25, -0.2) is 0 Å². The summed E-state index contributed by atoms with van der Waals surface area (Å²) in [4.78, 5) is 50.1. The number of carbonyl (C=O) groups is 4. The van der Waals surface area contributed by atoms with Gasteiger partial charge in [-0.05, 0) is 29.2 Å². The Balaban J connectivity index is 1.45. The van der Waals surface area contributed by atoms with E-state index in [2.05, 4.69) is 0 Å². The number of carbonyl (C=O) groups excluding carboxylic acids is 4. The summed E-state index contributed by atoms with van der Waals surface area (Å²) in [6.45, 7) is 6.42. The summed E-state index contributed by atoms with van der Waals surface area (Å²) in [5.74, 6) is -4.89. The van der Waals surface area contributed by atoms with Crippen LogP contribution in [0.1, 0.15) is 56.9 Å². The minimum atomic E-state index is -1.87. The van der Waals surface area contributed by atoms with Crippen molar-refractivity contribution in [3.05, 3.63) is 144 Å². The molecule has 6 unspecified atom stereocenters. The Morgan fingerprint density at radius 2 is 0.922 bits per heavy atom. The Hall–Kier alpha value is -5.52.